The Labute approximate surface area is 161 Å². The van der Waals surface area contributed by atoms with Crippen LogP contribution in [0.2, 0.25) is 5.15 Å². The Morgan fingerprint density at radius 1 is 1.19 bits per heavy atom. The number of hydrogen-bond donors (Lipinski definition) is 1. The second kappa shape index (κ2) is 7.17. The van der Waals surface area contributed by atoms with Crippen LogP contribution in [0.1, 0.15) is 34.1 Å². The Kier molecular flexibility index (Phi) is 4.74. The van der Waals surface area contributed by atoms with Gasteiger partial charge in [0.15, 0.2) is 0 Å². The average molecular weight is 384 g/mol. The summed E-state index contributed by atoms with van der Waals surface area (Å²) in [7, 11) is 0. The van der Waals surface area contributed by atoms with Crippen molar-refractivity contribution in [2.75, 3.05) is 5.75 Å². The highest BCUT2D eigenvalue weighted by atomic mass is 35.5. The first-order valence-electron chi connectivity index (χ1n) is 8.48. The van der Waals surface area contributed by atoms with E-state index in [-0.39, 0.29) is 11.9 Å². The lowest BCUT2D eigenvalue weighted by Gasteiger charge is -2.25. The molecule has 132 valence electrons. The van der Waals surface area contributed by atoms with E-state index in [4.69, 9.17) is 11.6 Å². The van der Waals surface area contributed by atoms with Crippen molar-refractivity contribution < 1.29 is 4.79 Å². The molecule has 4 nitrogen and oxygen atoms in total. The first-order valence-corrected chi connectivity index (χ1v) is 9.84. The van der Waals surface area contributed by atoms with E-state index in [1.54, 1.807) is 4.68 Å². The van der Waals surface area contributed by atoms with Crippen molar-refractivity contribution in [2.45, 2.75) is 24.3 Å². The monoisotopic (exact) mass is 383 g/mol. The number of aryl methyl sites for hydroxylation is 1. The van der Waals surface area contributed by atoms with Crippen LogP contribution >= 0.6 is 23.4 Å². The highest BCUT2D eigenvalue weighted by molar-refractivity contribution is 7.99. The lowest BCUT2D eigenvalue weighted by molar-refractivity contribution is 0.0934. The first kappa shape index (κ1) is 17.2. The van der Waals surface area contributed by atoms with Crippen LogP contribution in [0.15, 0.2) is 59.5 Å². The van der Waals surface area contributed by atoms with Crippen LogP contribution in [0.4, 0.5) is 0 Å². The average Bonchev–Trinajstić information content (AvgIpc) is 2.97. The predicted octanol–water partition coefficient (Wildman–Crippen LogP) is 4.80. The summed E-state index contributed by atoms with van der Waals surface area (Å²) in [6, 6.07) is 17.8. The van der Waals surface area contributed by atoms with Gasteiger partial charge in [0.1, 0.15) is 5.15 Å². The minimum atomic E-state index is -0.179. The molecule has 0 spiro atoms. The molecule has 1 unspecified atom stereocenters. The SMILES string of the molecule is Cc1nn(-c2ccccc2)c(Cl)c1C(=O)NC1CCSc2ccccc21. The Bertz CT molecular complexity index is 955. The van der Waals surface area contributed by atoms with Gasteiger partial charge in [0.05, 0.1) is 23.0 Å². The van der Waals surface area contributed by atoms with Crippen LogP contribution < -0.4 is 5.32 Å². The summed E-state index contributed by atoms with van der Waals surface area (Å²) in [5.74, 6) is 0.805. The molecule has 0 saturated carbocycles. The number of aromatic nitrogens is 2. The summed E-state index contributed by atoms with van der Waals surface area (Å²) in [4.78, 5) is 14.2. The Morgan fingerprint density at radius 2 is 1.92 bits per heavy atom. The molecule has 2 heterocycles. The number of nitrogens with one attached hydrogen (secondary N) is 1. The molecular weight excluding hydrogens is 366 g/mol. The van der Waals surface area contributed by atoms with Crippen molar-refractivity contribution in [3.8, 4) is 5.69 Å². The van der Waals surface area contributed by atoms with Crippen LogP contribution in [-0.4, -0.2) is 21.4 Å². The lowest BCUT2D eigenvalue weighted by Crippen LogP contribution is -2.31. The maximum Gasteiger partial charge on any atom is 0.256 e. The molecule has 0 saturated heterocycles. The minimum Gasteiger partial charge on any atom is -0.345 e. The van der Waals surface area contributed by atoms with Gasteiger partial charge in [-0.2, -0.15) is 5.10 Å². The highest BCUT2D eigenvalue weighted by Crippen LogP contribution is 2.36. The number of thioether (sulfide) groups is 1. The molecule has 4 rings (SSSR count). The molecule has 0 radical (unpaired) electrons. The zero-order chi connectivity index (χ0) is 18.1. The van der Waals surface area contributed by atoms with Crippen LogP contribution in [0, 0.1) is 6.92 Å². The first-order chi connectivity index (χ1) is 12.6. The van der Waals surface area contributed by atoms with Crippen molar-refractivity contribution >= 4 is 29.3 Å². The van der Waals surface area contributed by atoms with E-state index in [1.165, 1.54) is 10.5 Å². The number of halogens is 1. The molecule has 1 N–H and O–H groups in total. The number of para-hydroxylation sites is 1. The van der Waals surface area contributed by atoms with Crippen molar-refractivity contribution in [3.05, 3.63) is 76.6 Å². The molecule has 0 bridgehead atoms. The Hall–Kier alpha value is -2.24. The third kappa shape index (κ3) is 3.13. The van der Waals surface area contributed by atoms with Gasteiger partial charge in [-0.1, -0.05) is 48.0 Å². The molecule has 0 fully saturated rings. The lowest BCUT2D eigenvalue weighted by atomic mass is 10.0. The number of rotatable bonds is 3. The van der Waals surface area contributed by atoms with Gasteiger partial charge in [-0.05, 0) is 37.1 Å². The number of benzene rings is 2. The van der Waals surface area contributed by atoms with Crippen molar-refractivity contribution in [1.82, 2.24) is 15.1 Å². The predicted molar refractivity (Wildman–Crippen MR) is 105 cm³/mol. The molecule has 1 aliphatic heterocycles. The summed E-state index contributed by atoms with van der Waals surface area (Å²) in [6.07, 6.45) is 0.900. The summed E-state index contributed by atoms with van der Waals surface area (Å²) >= 11 is 8.34. The second-order valence-electron chi connectivity index (χ2n) is 6.20. The van der Waals surface area contributed by atoms with E-state index in [0.29, 0.717) is 16.4 Å². The third-order valence-electron chi connectivity index (χ3n) is 4.50. The van der Waals surface area contributed by atoms with Crippen molar-refractivity contribution in [2.24, 2.45) is 0 Å². The Balaban J connectivity index is 1.63. The van der Waals surface area contributed by atoms with E-state index >= 15 is 0 Å². The molecule has 1 atom stereocenters. The Morgan fingerprint density at radius 3 is 2.73 bits per heavy atom. The van der Waals surface area contributed by atoms with Crippen LogP contribution in [0.3, 0.4) is 0 Å². The molecule has 26 heavy (non-hydrogen) atoms. The van der Waals surface area contributed by atoms with Crippen LogP contribution in [-0.2, 0) is 0 Å². The second-order valence-corrected chi connectivity index (χ2v) is 7.69. The van der Waals surface area contributed by atoms with E-state index < -0.39 is 0 Å². The van der Waals surface area contributed by atoms with E-state index in [2.05, 4.69) is 22.5 Å². The van der Waals surface area contributed by atoms with Gasteiger partial charge in [0.2, 0.25) is 0 Å². The summed E-state index contributed by atoms with van der Waals surface area (Å²) in [6.45, 7) is 1.81. The minimum absolute atomic E-state index is 0.00417. The van der Waals surface area contributed by atoms with Crippen LogP contribution in [0.25, 0.3) is 5.69 Å². The number of hydrogen-bond acceptors (Lipinski definition) is 3. The standard InChI is InChI=1S/C20H18ClN3OS/c1-13-18(19(21)24(23-13)14-7-3-2-4-8-14)20(25)22-16-11-12-26-17-10-6-5-9-15(16)17/h2-10,16H,11-12H2,1H3,(H,22,25). The normalized spacial score (nSPS) is 16.2. The van der Waals surface area contributed by atoms with Crippen molar-refractivity contribution in [1.29, 1.82) is 0 Å². The quantitative estimate of drug-likeness (QED) is 0.706. The van der Waals surface area contributed by atoms with Gasteiger partial charge < -0.3 is 5.32 Å². The van der Waals surface area contributed by atoms with Gasteiger partial charge >= 0.3 is 0 Å². The number of nitrogens with zero attached hydrogens (tertiary/aromatic N) is 2. The van der Waals surface area contributed by atoms with Crippen molar-refractivity contribution in [3.63, 3.8) is 0 Å². The molecule has 1 aliphatic rings. The molecule has 3 aromatic rings. The molecule has 1 amide bonds. The highest BCUT2D eigenvalue weighted by Gasteiger charge is 2.26. The summed E-state index contributed by atoms with van der Waals surface area (Å²) in [5, 5.41) is 7.94. The number of carbonyl (C=O) groups excluding carboxylic acids is 1. The molecule has 1 aromatic heterocycles. The fourth-order valence-corrected chi connectivity index (χ4v) is 4.70. The van der Waals surface area contributed by atoms with Gasteiger partial charge in [0.25, 0.3) is 5.91 Å². The number of fused-ring (bicyclic) bond motifs is 1. The van der Waals surface area contributed by atoms with Gasteiger partial charge in [0, 0.05) is 10.6 Å². The topological polar surface area (TPSA) is 46.9 Å². The third-order valence-corrected chi connectivity index (χ3v) is 5.97. The number of amides is 1. The molecule has 2 aromatic carbocycles. The van der Waals surface area contributed by atoms with Crippen LogP contribution in [0.5, 0.6) is 0 Å². The maximum absolute atomic E-state index is 13.0. The number of carbonyl (C=O) groups is 1. The zero-order valence-electron chi connectivity index (χ0n) is 14.3. The largest absolute Gasteiger partial charge is 0.345 e. The van der Waals surface area contributed by atoms with Gasteiger partial charge in [-0.15, -0.1) is 11.8 Å². The smallest absolute Gasteiger partial charge is 0.256 e. The zero-order valence-corrected chi connectivity index (χ0v) is 15.8. The van der Waals surface area contributed by atoms with E-state index in [9.17, 15) is 4.79 Å². The molecular formula is C20H18ClN3OS. The fourth-order valence-electron chi connectivity index (χ4n) is 3.22. The maximum atomic E-state index is 13.0. The fraction of sp³-hybridized carbons (Fsp3) is 0.200. The summed E-state index contributed by atoms with van der Waals surface area (Å²) in [5.41, 5.74) is 3.06. The molecule has 6 heteroatoms. The van der Waals surface area contributed by atoms with E-state index in [1.807, 2.05) is 61.2 Å². The summed E-state index contributed by atoms with van der Waals surface area (Å²) < 4.78 is 1.61. The van der Waals surface area contributed by atoms with Gasteiger partial charge in [-0.3, -0.25) is 4.79 Å². The molecule has 0 aliphatic carbocycles. The van der Waals surface area contributed by atoms with Gasteiger partial charge in [-0.25, -0.2) is 4.68 Å². The van der Waals surface area contributed by atoms with E-state index in [0.717, 1.165) is 17.9 Å².